The molecule has 26 heavy (non-hydrogen) atoms. The number of benzene rings is 1. The number of hydrogen-bond donors (Lipinski definition) is 2. The molecule has 1 unspecified atom stereocenters. The smallest absolute Gasteiger partial charge is 0.191 e. The SMILES string of the molecule is CCNC(=NCC1Cc2ccccc2O1)NCCS(=O)(=O)C(C)(C)C.I. The Kier molecular flexibility index (Phi) is 8.65. The van der Waals surface area contributed by atoms with Crippen molar-refractivity contribution in [3.63, 3.8) is 0 Å². The first-order valence-electron chi connectivity index (χ1n) is 8.72. The summed E-state index contributed by atoms with van der Waals surface area (Å²) in [4.78, 5) is 4.53. The second-order valence-corrected chi connectivity index (χ2v) is 9.99. The molecular weight excluding hydrogens is 465 g/mol. The number of ether oxygens (including phenoxy) is 1. The molecular formula is C18H30IN3O3S. The first-order valence-corrected chi connectivity index (χ1v) is 10.4. The molecule has 0 saturated carbocycles. The van der Waals surface area contributed by atoms with Crippen molar-refractivity contribution in [2.75, 3.05) is 25.4 Å². The maximum Gasteiger partial charge on any atom is 0.191 e. The van der Waals surface area contributed by atoms with E-state index >= 15 is 0 Å². The molecule has 6 nitrogen and oxygen atoms in total. The molecule has 0 aromatic heterocycles. The fourth-order valence-corrected chi connectivity index (χ4v) is 3.48. The van der Waals surface area contributed by atoms with E-state index in [1.54, 1.807) is 20.8 Å². The number of rotatable bonds is 6. The number of hydrogen-bond acceptors (Lipinski definition) is 4. The van der Waals surface area contributed by atoms with Gasteiger partial charge in [-0.15, -0.1) is 24.0 Å². The number of aliphatic imine (C=N–C) groups is 1. The molecule has 2 rings (SSSR count). The molecule has 2 N–H and O–H groups in total. The molecule has 1 aromatic carbocycles. The third-order valence-electron chi connectivity index (χ3n) is 4.11. The van der Waals surface area contributed by atoms with Crippen LogP contribution in [0, 0.1) is 0 Å². The van der Waals surface area contributed by atoms with Gasteiger partial charge in [0.15, 0.2) is 15.8 Å². The van der Waals surface area contributed by atoms with E-state index in [2.05, 4.69) is 21.7 Å². The average molecular weight is 495 g/mol. The zero-order valence-electron chi connectivity index (χ0n) is 15.9. The number of halogens is 1. The summed E-state index contributed by atoms with van der Waals surface area (Å²) in [6.45, 7) is 8.70. The summed E-state index contributed by atoms with van der Waals surface area (Å²) in [6, 6.07) is 8.01. The lowest BCUT2D eigenvalue weighted by Gasteiger charge is -2.20. The maximum absolute atomic E-state index is 12.2. The summed E-state index contributed by atoms with van der Waals surface area (Å²) in [7, 11) is -3.15. The van der Waals surface area contributed by atoms with Crippen LogP contribution in [-0.4, -0.2) is 50.6 Å². The Labute approximate surface area is 174 Å². The van der Waals surface area contributed by atoms with Crippen LogP contribution in [0.2, 0.25) is 0 Å². The highest BCUT2D eigenvalue weighted by Gasteiger charge is 2.28. The van der Waals surface area contributed by atoms with Crippen molar-refractivity contribution in [2.24, 2.45) is 4.99 Å². The third-order valence-corrected chi connectivity index (χ3v) is 6.71. The number of sulfone groups is 1. The van der Waals surface area contributed by atoms with Crippen molar-refractivity contribution in [3.05, 3.63) is 29.8 Å². The van der Waals surface area contributed by atoms with Gasteiger partial charge in [0.2, 0.25) is 0 Å². The zero-order valence-corrected chi connectivity index (χ0v) is 19.1. The Hall–Kier alpha value is -1.03. The summed E-state index contributed by atoms with van der Waals surface area (Å²) in [5.74, 6) is 1.62. The van der Waals surface area contributed by atoms with Crippen molar-refractivity contribution < 1.29 is 13.2 Å². The van der Waals surface area contributed by atoms with Gasteiger partial charge in [0.25, 0.3) is 0 Å². The highest BCUT2D eigenvalue weighted by Crippen LogP contribution is 2.28. The van der Waals surface area contributed by atoms with Gasteiger partial charge in [-0.1, -0.05) is 18.2 Å². The van der Waals surface area contributed by atoms with E-state index in [1.165, 1.54) is 5.56 Å². The predicted molar refractivity (Wildman–Crippen MR) is 117 cm³/mol. The molecule has 0 aliphatic carbocycles. The molecule has 0 radical (unpaired) electrons. The minimum absolute atomic E-state index is 0. The van der Waals surface area contributed by atoms with Crippen molar-refractivity contribution in [2.45, 2.75) is 45.0 Å². The Morgan fingerprint density at radius 1 is 1.27 bits per heavy atom. The van der Waals surface area contributed by atoms with Crippen LogP contribution in [0.15, 0.2) is 29.3 Å². The first kappa shape index (κ1) is 23.0. The van der Waals surface area contributed by atoms with Crippen LogP contribution < -0.4 is 15.4 Å². The first-order chi connectivity index (χ1) is 11.7. The van der Waals surface area contributed by atoms with Gasteiger partial charge in [0, 0.05) is 19.5 Å². The monoisotopic (exact) mass is 495 g/mol. The van der Waals surface area contributed by atoms with Gasteiger partial charge in [0.05, 0.1) is 17.0 Å². The van der Waals surface area contributed by atoms with E-state index in [1.807, 2.05) is 25.1 Å². The van der Waals surface area contributed by atoms with Gasteiger partial charge in [-0.2, -0.15) is 0 Å². The second-order valence-electron chi connectivity index (χ2n) is 7.13. The van der Waals surface area contributed by atoms with E-state index in [4.69, 9.17) is 4.74 Å². The van der Waals surface area contributed by atoms with E-state index in [0.29, 0.717) is 25.6 Å². The van der Waals surface area contributed by atoms with Crippen LogP contribution in [-0.2, 0) is 16.3 Å². The van der Waals surface area contributed by atoms with Gasteiger partial charge in [-0.3, -0.25) is 0 Å². The van der Waals surface area contributed by atoms with E-state index in [9.17, 15) is 8.42 Å². The predicted octanol–water partition coefficient (Wildman–Crippen LogP) is 2.38. The van der Waals surface area contributed by atoms with Gasteiger partial charge in [-0.25, -0.2) is 13.4 Å². The lowest BCUT2D eigenvalue weighted by Crippen LogP contribution is -2.42. The summed E-state index contributed by atoms with van der Waals surface area (Å²) >= 11 is 0. The second kappa shape index (κ2) is 9.77. The quantitative estimate of drug-likeness (QED) is 0.360. The number of guanidine groups is 1. The van der Waals surface area contributed by atoms with Crippen molar-refractivity contribution in [1.29, 1.82) is 0 Å². The van der Waals surface area contributed by atoms with Crippen LogP contribution in [0.4, 0.5) is 0 Å². The van der Waals surface area contributed by atoms with Crippen molar-refractivity contribution in [1.82, 2.24) is 10.6 Å². The maximum atomic E-state index is 12.2. The molecule has 0 amide bonds. The Morgan fingerprint density at radius 3 is 2.58 bits per heavy atom. The minimum Gasteiger partial charge on any atom is -0.488 e. The lowest BCUT2D eigenvalue weighted by atomic mass is 10.1. The summed E-state index contributed by atoms with van der Waals surface area (Å²) in [6.07, 6.45) is 0.864. The summed E-state index contributed by atoms with van der Waals surface area (Å²) < 4.78 is 29.5. The van der Waals surface area contributed by atoms with E-state index in [-0.39, 0.29) is 35.8 Å². The number of fused-ring (bicyclic) bond motifs is 1. The Morgan fingerprint density at radius 2 is 1.96 bits per heavy atom. The Bertz CT molecular complexity index is 690. The molecule has 1 atom stereocenters. The molecule has 148 valence electrons. The molecule has 8 heteroatoms. The third kappa shape index (κ3) is 6.29. The molecule has 1 aromatic rings. The van der Waals surface area contributed by atoms with Gasteiger partial charge >= 0.3 is 0 Å². The topological polar surface area (TPSA) is 79.8 Å². The van der Waals surface area contributed by atoms with Gasteiger partial charge in [-0.05, 0) is 39.3 Å². The van der Waals surface area contributed by atoms with Crippen LogP contribution >= 0.6 is 24.0 Å². The zero-order chi connectivity index (χ0) is 18.5. The van der Waals surface area contributed by atoms with Crippen molar-refractivity contribution >= 4 is 39.8 Å². The van der Waals surface area contributed by atoms with E-state index in [0.717, 1.165) is 12.2 Å². The molecule has 0 fully saturated rings. The van der Waals surface area contributed by atoms with Gasteiger partial charge in [0.1, 0.15) is 11.9 Å². The molecule has 1 aliphatic heterocycles. The normalized spacial score (nSPS) is 17.1. The van der Waals surface area contributed by atoms with Crippen LogP contribution in [0.1, 0.15) is 33.3 Å². The van der Waals surface area contributed by atoms with Crippen LogP contribution in [0.25, 0.3) is 0 Å². The van der Waals surface area contributed by atoms with E-state index < -0.39 is 14.6 Å². The number of nitrogens with one attached hydrogen (secondary N) is 2. The van der Waals surface area contributed by atoms with Crippen molar-refractivity contribution in [3.8, 4) is 5.75 Å². The van der Waals surface area contributed by atoms with Gasteiger partial charge < -0.3 is 15.4 Å². The minimum atomic E-state index is -3.15. The summed E-state index contributed by atoms with van der Waals surface area (Å²) in [5.41, 5.74) is 1.21. The summed E-state index contributed by atoms with van der Waals surface area (Å²) in [5, 5.41) is 6.24. The van der Waals surface area contributed by atoms with Crippen LogP contribution in [0.5, 0.6) is 5.75 Å². The molecule has 0 bridgehead atoms. The standard InChI is InChI=1S/C18H29N3O3S.HI/c1-5-19-17(20-10-11-25(22,23)18(2,3)4)21-13-15-12-14-8-6-7-9-16(14)24-15;/h6-9,15H,5,10-13H2,1-4H3,(H2,19,20,21);1H. The largest absolute Gasteiger partial charge is 0.488 e. The molecule has 0 spiro atoms. The number of nitrogens with zero attached hydrogens (tertiary/aromatic N) is 1. The fourth-order valence-electron chi connectivity index (χ4n) is 2.50. The number of para-hydroxylation sites is 1. The Balaban J connectivity index is 0.00000338. The fraction of sp³-hybridized carbons (Fsp3) is 0.611. The highest BCUT2D eigenvalue weighted by molar-refractivity contribution is 14.0. The molecule has 1 aliphatic rings. The molecule has 0 saturated heterocycles. The molecule has 1 heterocycles. The van der Waals surface area contributed by atoms with Crippen LogP contribution in [0.3, 0.4) is 0 Å². The average Bonchev–Trinajstić information content (AvgIpc) is 2.94. The highest BCUT2D eigenvalue weighted by atomic mass is 127. The lowest BCUT2D eigenvalue weighted by molar-refractivity contribution is 0.241.